The Labute approximate surface area is 115 Å². The van der Waals surface area contributed by atoms with Gasteiger partial charge in [-0.1, -0.05) is 17.3 Å². The minimum atomic E-state index is 0.423. The van der Waals surface area contributed by atoms with Crippen LogP contribution in [0.25, 0.3) is 11.6 Å². The third-order valence-electron chi connectivity index (χ3n) is 2.88. The highest BCUT2D eigenvalue weighted by molar-refractivity contribution is 5.39. The first-order valence-corrected chi connectivity index (χ1v) is 6.16. The lowest BCUT2D eigenvalue weighted by molar-refractivity contribution is 0.378. The largest absolute Gasteiger partial charge is 0.497 e. The topological polar surface area (TPSA) is 89.7 Å². The fourth-order valence-electron chi connectivity index (χ4n) is 1.81. The third kappa shape index (κ3) is 2.66. The maximum Gasteiger partial charge on any atom is 0.239 e. The van der Waals surface area contributed by atoms with Crippen LogP contribution in [0, 0.1) is 0 Å². The van der Waals surface area contributed by atoms with E-state index in [-0.39, 0.29) is 0 Å². The van der Waals surface area contributed by atoms with E-state index in [2.05, 4.69) is 25.3 Å². The summed E-state index contributed by atoms with van der Waals surface area (Å²) in [5, 5.41) is 10.3. The van der Waals surface area contributed by atoms with Crippen molar-refractivity contribution in [3.63, 3.8) is 0 Å². The predicted molar refractivity (Wildman–Crippen MR) is 70.1 cm³/mol. The lowest BCUT2D eigenvalue weighted by Gasteiger charge is -2.01. The van der Waals surface area contributed by atoms with Crippen molar-refractivity contribution in [2.24, 2.45) is 0 Å². The van der Waals surface area contributed by atoms with Crippen molar-refractivity contribution in [1.82, 2.24) is 25.3 Å². The van der Waals surface area contributed by atoms with E-state index < -0.39 is 0 Å². The molecule has 2 aromatic heterocycles. The summed E-state index contributed by atoms with van der Waals surface area (Å²) in [7, 11) is 1.65. The smallest absolute Gasteiger partial charge is 0.239 e. The lowest BCUT2D eigenvalue weighted by Crippen LogP contribution is -1.92. The van der Waals surface area contributed by atoms with Crippen LogP contribution >= 0.6 is 0 Å². The van der Waals surface area contributed by atoms with Gasteiger partial charge in [0.15, 0.2) is 5.82 Å². The Bertz CT molecular complexity index is 660. The molecule has 0 saturated heterocycles. The molecule has 3 rings (SSSR count). The summed E-state index contributed by atoms with van der Waals surface area (Å²) in [6.07, 6.45) is 2.90. The summed E-state index contributed by atoms with van der Waals surface area (Å²) in [6.45, 7) is 0. The average molecular weight is 271 g/mol. The summed E-state index contributed by atoms with van der Waals surface area (Å²) in [6, 6.07) is 7.91. The number of hydrogen-bond acceptors (Lipinski definition) is 6. The molecular formula is C13H13N5O2. The number of rotatable bonds is 5. The van der Waals surface area contributed by atoms with Crippen LogP contribution in [0.4, 0.5) is 0 Å². The van der Waals surface area contributed by atoms with Crippen LogP contribution in [-0.2, 0) is 12.8 Å². The van der Waals surface area contributed by atoms with E-state index in [0.717, 1.165) is 12.2 Å². The Morgan fingerprint density at radius 3 is 2.75 bits per heavy atom. The van der Waals surface area contributed by atoms with Gasteiger partial charge < -0.3 is 9.26 Å². The van der Waals surface area contributed by atoms with E-state index >= 15 is 0 Å². The number of methoxy groups -OCH3 is 1. The van der Waals surface area contributed by atoms with Gasteiger partial charge in [0.05, 0.1) is 7.11 Å². The average Bonchev–Trinajstić information content (AvgIpc) is 3.16. The summed E-state index contributed by atoms with van der Waals surface area (Å²) in [4.78, 5) is 8.24. The van der Waals surface area contributed by atoms with Gasteiger partial charge in [0.25, 0.3) is 0 Å². The molecule has 0 atom stereocenters. The zero-order valence-corrected chi connectivity index (χ0v) is 10.9. The van der Waals surface area contributed by atoms with Gasteiger partial charge in [-0.3, -0.25) is 5.10 Å². The minimum Gasteiger partial charge on any atom is -0.497 e. The van der Waals surface area contributed by atoms with Crippen molar-refractivity contribution < 1.29 is 9.26 Å². The first-order valence-electron chi connectivity index (χ1n) is 6.16. The van der Waals surface area contributed by atoms with E-state index in [1.165, 1.54) is 11.9 Å². The molecule has 1 aromatic carbocycles. The molecule has 0 aliphatic carbocycles. The number of aromatic amines is 1. The van der Waals surface area contributed by atoms with Crippen LogP contribution in [-0.4, -0.2) is 32.4 Å². The lowest BCUT2D eigenvalue weighted by atomic mass is 10.1. The van der Waals surface area contributed by atoms with Crippen LogP contribution in [0.2, 0.25) is 0 Å². The SMILES string of the molecule is COc1ccc(CCc2nc(-c3ncn[nH]3)no2)cc1. The minimum absolute atomic E-state index is 0.423. The first-order chi connectivity index (χ1) is 9.85. The third-order valence-corrected chi connectivity index (χ3v) is 2.88. The van der Waals surface area contributed by atoms with Gasteiger partial charge in [-0.2, -0.15) is 10.1 Å². The van der Waals surface area contributed by atoms with Gasteiger partial charge in [0, 0.05) is 6.42 Å². The number of benzene rings is 1. The molecule has 20 heavy (non-hydrogen) atoms. The molecule has 2 heterocycles. The van der Waals surface area contributed by atoms with E-state index in [4.69, 9.17) is 9.26 Å². The Kier molecular flexibility index (Phi) is 3.40. The second kappa shape index (κ2) is 5.52. The molecule has 0 spiro atoms. The standard InChI is InChI=1S/C13H13N5O2/c1-19-10-5-2-9(3-6-10)4-7-11-16-13(18-20-11)12-14-8-15-17-12/h2-3,5-6,8H,4,7H2,1H3,(H,14,15,17). The van der Waals surface area contributed by atoms with Gasteiger partial charge >= 0.3 is 0 Å². The molecule has 1 N–H and O–H groups in total. The highest BCUT2D eigenvalue weighted by Crippen LogP contribution is 2.14. The van der Waals surface area contributed by atoms with Crippen LogP contribution < -0.4 is 4.74 Å². The van der Waals surface area contributed by atoms with Crippen LogP contribution in [0.15, 0.2) is 35.1 Å². The predicted octanol–water partition coefficient (Wildman–Crippen LogP) is 1.65. The first kappa shape index (κ1) is 12.3. The second-order valence-electron chi connectivity index (χ2n) is 4.19. The summed E-state index contributed by atoms with van der Waals surface area (Å²) >= 11 is 0. The maximum absolute atomic E-state index is 5.18. The Hall–Kier alpha value is -2.70. The fourth-order valence-corrected chi connectivity index (χ4v) is 1.81. The number of ether oxygens (including phenoxy) is 1. The van der Waals surface area contributed by atoms with Crippen molar-refractivity contribution in [3.8, 4) is 17.4 Å². The van der Waals surface area contributed by atoms with E-state index in [1.807, 2.05) is 24.3 Å². The molecule has 0 unspecified atom stereocenters. The van der Waals surface area contributed by atoms with E-state index in [9.17, 15) is 0 Å². The second-order valence-corrected chi connectivity index (χ2v) is 4.19. The number of H-pyrrole nitrogens is 1. The number of nitrogens with zero attached hydrogens (tertiary/aromatic N) is 4. The molecule has 7 heteroatoms. The summed E-state index contributed by atoms with van der Waals surface area (Å²) in [5.74, 6) is 2.35. The quantitative estimate of drug-likeness (QED) is 0.758. The van der Waals surface area contributed by atoms with Crippen molar-refractivity contribution in [2.45, 2.75) is 12.8 Å². The maximum atomic E-state index is 5.18. The molecule has 102 valence electrons. The zero-order chi connectivity index (χ0) is 13.8. The Morgan fingerprint density at radius 1 is 1.20 bits per heavy atom. The van der Waals surface area contributed by atoms with Crippen LogP contribution in [0.3, 0.4) is 0 Å². The molecule has 3 aromatic rings. The molecule has 0 amide bonds. The molecular weight excluding hydrogens is 258 g/mol. The molecule has 0 saturated carbocycles. The fraction of sp³-hybridized carbons (Fsp3) is 0.231. The Morgan fingerprint density at radius 2 is 2.05 bits per heavy atom. The molecule has 7 nitrogen and oxygen atoms in total. The summed E-state index contributed by atoms with van der Waals surface area (Å²) < 4.78 is 10.3. The highest BCUT2D eigenvalue weighted by Gasteiger charge is 2.10. The van der Waals surface area contributed by atoms with Crippen molar-refractivity contribution in [1.29, 1.82) is 0 Å². The summed E-state index contributed by atoms with van der Waals surface area (Å²) in [5.41, 5.74) is 1.19. The Balaban J connectivity index is 1.63. The normalized spacial score (nSPS) is 10.7. The van der Waals surface area contributed by atoms with Gasteiger partial charge in [-0.15, -0.1) is 0 Å². The van der Waals surface area contributed by atoms with E-state index in [0.29, 0.717) is 24.0 Å². The van der Waals surface area contributed by atoms with Gasteiger partial charge in [0.1, 0.15) is 12.1 Å². The van der Waals surface area contributed by atoms with Crippen molar-refractivity contribution in [3.05, 3.63) is 42.0 Å². The monoisotopic (exact) mass is 271 g/mol. The number of aromatic nitrogens is 5. The molecule has 0 radical (unpaired) electrons. The van der Waals surface area contributed by atoms with E-state index in [1.54, 1.807) is 7.11 Å². The van der Waals surface area contributed by atoms with Crippen LogP contribution in [0.1, 0.15) is 11.5 Å². The molecule has 0 aliphatic heterocycles. The van der Waals surface area contributed by atoms with Gasteiger partial charge in [-0.05, 0) is 24.1 Å². The molecule has 0 aliphatic rings. The number of aryl methyl sites for hydroxylation is 2. The van der Waals surface area contributed by atoms with Crippen molar-refractivity contribution >= 4 is 0 Å². The highest BCUT2D eigenvalue weighted by atomic mass is 16.5. The zero-order valence-electron chi connectivity index (χ0n) is 10.9. The molecule has 0 bridgehead atoms. The molecule has 0 fully saturated rings. The van der Waals surface area contributed by atoms with Crippen molar-refractivity contribution in [2.75, 3.05) is 7.11 Å². The van der Waals surface area contributed by atoms with Crippen LogP contribution in [0.5, 0.6) is 5.75 Å². The van der Waals surface area contributed by atoms with Gasteiger partial charge in [-0.25, -0.2) is 4.98 Å². The van der Waals surface area contributed by atoms with Gasteiger partial charge in [0.2, 0.25) is 11.7 Å². The number of hydrogen-bond donors (Lipinski definition) is 1. The number of nitrogens with one attached hydrogen (secondary N) is 1.